The summed E-state index contributed by atoms with van der Waals surface area (Å²) in [6.07, 6.45) is 1.18. The normalized spacial score (nSPS) is 11.0. The highest BCUT2D eigenvalue weighted by molar-refractivity contribution is 7.92. The molecule has 2 aromatic rings. The summed E-state index contributed by atoms with van der Waals surface area (Å²) >= 11 is 0. The molecule has 156 valence electrons. The maximum absolute atomic E-state index is 12.9. The van der Waals surface area contributed by atoms with E-state index in [4.69, 9.17) is 5.11 Å². The number of rotatable bonds is 8. The Morgan fingerprint density at radius 3 is 2.34 bits per heavy atom. The quantitative estimate of drug-likeness (QED) is 0.517. The molecule has 0 radical (unpaired) electrons. The lowest BCUT2D eigenvalue weighted by Gasteiger charge is -2.21. The van der Waals surface area contributed by atoms with Gasteiger partial charge in [0.15, 0.2) is 5.82 Å². The van der Waals surface area contributed by atoms with Crippen LogP contribution in [0.4, 0.5) is 5.82 Å². The molecule has 2 amide bonds. The fraction of sp³-hybridized carbons (Fsp3) is 0.294. The summed E-state index contributed by atoms with van der Waals surface area (Å²) in [6, 6.07) is 6.24. The number of carbonyl (C=O) groups excluding carboxylic acids is 2. The van der Waals surface area contributed by atoms with E-state index in [0.717, 1.165) is 9.87 Å². The van der Waals surface area contributed by atoms with Gasteiger partial charge in [-0.05, 0) is 19.1 Å². The van der Waals surface area contributed by atoms with E-state index in [1.807, 2.05) is 6.92 Å². The smallest absolute Gasteiger partial charge is 0.322 e. The number of hydrogen-bond donors (Lipinski definition) is 3. The number of amides is 2. The summed E-state index contributed by atoms with van der Waals surface area (Å²) in [7, 11) is -1.19. The zero-order chi connectivity index (χ0) is 21.8. The number of nitrogens with one attached hydrogen (secondary N) is 2. The second-order valence-electron chi connectivity index (χ2n) is 6.14. The summed E-state index contributed by atoms with van der Waals surface area (Å²) < 4.78 is 28.0. The van der Waals surface area contributed by atoms with Crippen molar-refractivity contribution in [3.63, 3.8) is 0 Å². The Labute approximate surface area is 167 Å². The molecule has 0 aliphatic rings. The number of aliphatic carboxylic acids is 1. The lowest BCUT2D eigenvalue weighted by Crippen LogP contribution is -2.39. The number of anilines is 1. The van der Waals surface area contributed by atoms with Gasteiger partial charge in [-0.3, -0.25) is 23.4 Å². The second kappa shape index (κ2) is 8.73. The van der Waals surface area contributed by atoms with Crippen LogP contribution in [0.2, 0.25) is 0 Å². The van der Waals surface area contributed by atoms with Gasteiger partial charge in [-0.1, -0.05) is 17.7 Å². The van der Waals surface area contributed by atoms with Gasteiger partial charge < -0.3 is 15.7 Å². The molecule has 1 aromatic heterocycles. The maximum Gasteiger partial charge on any atom is 0.322 e. The Bertz CT molecular complexity index is 1030. The highest BCUT2D eigenvalue weighted by Gasteiger charge is 2.28. The van der Waals surface area contributed by atoms with E-state index in [1.165, 1.54) is 37.1 Å². The van der Waals surface area contributed by atoms with Crippen LogP contribution < -0.4 is 14.9 Å². The SMILES string of the molecule is Cc1ccc(S(=O)(=O)N(C)c2c(C(=O)NCC(=O)NCC(=O)O)cnn2C)cc1. The van der Waals surface area contributed by atoms with Crippen LogP contribution in [0.15, 0.2) is 35.4 Å². The molecule has 0 saturated carbocycles. The zero-order valence-corrected chi connectivity index (χ0v) is 16.9. The van der Waals surface area contributed by atoms with Crippen molar-refractivity contribution in [1.82, 2.24) is 20.4 Å². The van der Waals surface area contributed by atoms with Crippen LogP contribution in [0.25, 0.3) is 0 Å². The van der Waals surface area contributed by atoms with Crippen molar-refractivity contribution in [3.8, 4) is 0 Å². The number of carbonyl (C=O) groups is 3. The first-order valence-electron chi connectivity index (χ1n) is 8.38. The minimum atomic E-state index is -3.96. The van der Waals surface area contributed by atoms with E-state index in [2.05, 4.69) is 15.7 Å². The summed E-state index contributed by atoms with van der Waals surface area (Å²) in [5.41, 5.74) is 0.838. The van der Waals surface area contributed by atoms with Crippen LogP contribution >= 0.6 is 0 Å². The number of benzene rings is 1. The molecule has 0 aliphatic carbocycles. The highest BCUT2D eigenvalue weighted by atomic mass is 32.2. The Kier molecular flexibility index (Phi) is 6.59. The third-order valence-electron chi connectivity index (χ3n) is 3.98. The van der Waals surface area contributed by atoms with Crippen molar-refractivity contribution in [2.75, 3.05) is 24.4 Å². The van der Waals surface area contributed by atoms with E-state index in [9.17, 15) is 22.8 Å². The van der Waals surface area contributed by atoms with Gasteiger partial charge in [0.2, 0.25) is 5.91 Å². The van der Waals surface area contributed by atoms with Crippen molar-refractivity contribution in [2.24, 2.45) is 7.05 Å². The molecular formula is C17H21N5O6S. The molecule has 1 aromatic carbocycles. The maximum atomic E-state index is 12.9. The molecule has 0 bridgehead atoms. The van der Waals surface area contributed by atoms with Gasteiger partial charge in [0, 0.05) is 14.1 Å². The van der Waals surface area contributed by atoms with Crippen molar-refractivity contribution >= 4 is 33.6 Å². The van der Waals surface area contributed by atoms with E-state index in [-0.39, 0.29) is 16.3 Å². The van der Waals surface area contributed by atoms with Gasteiger partial charge in [0.05, 0.1) is 17.6 Å². The lowest BCUT2D eigenvalue weighted by atomic mass is 10.2. The predicted octanol–water partition coefficient (Wildman–Crippen LogP) is -0.516. The zero-order valence-electron chi connectivity index (χ0n) is 16.0. The second-order valence-corrected chi connectivity index (χ2v) is 8.11. The van der Waals surface area contributed by atoms with Crippen LogP contribution in [-0.4, -0.2) is 61.2 Å². The minimum Gasteiger partial charge on any atom is -0.480 e. The van der Waals surface area contributed by atoms with Gasteiger partial charge in [0.1, 0.15) is 12.1 Å². The van der Waals surface area contributed by atoms with Gasteiger partial charge in [-0.15, -0.1) is 0 Å². The molecule has 0 aliphatic heterocycles. The van der Waals surface area contributed by atoms with Crippen LogP contribution in [-0.2, 0) is 26.7 Å². The first-order valence-corrected chi connectivity index (χ1v) is 9.82. The summed E-state index contributed by atoms with van der Waals surface area (Å²) in [6.45, 7) is 0.773. The molecule has 1 heterocycles. The predicted molar refractivity (Wildman–Crippen MR) is 103 cm³/mol. The fourth-order valence-corrected chi connectivity index (χ4v) is 3.68. The lowest BCUT2D eigenvalue weighted by molar-refractivity contribution is -0.137. The number of carboxylic acid groups (broad SMARTS) is 1. The number of sulfonamides is 1. The minimum absolute atomic E-state index is 0.00835. The van der Waals surface area contributed by atoms with E-state index < -0.39 is 40.9 Å². The summed E-state index contributed by atoms with van der Waals surface area (Å²) in [4.78, 5) is 34.5. The Morgan fingerprint density at radius 2 is 1.76 bits per heavy atom. The Hall–Kier alpha value is -3.41. The number of hydrogen-bond acceptors (Lipinski definition) is 6. The van der Waals surface area contributed by atoms with Crippen LogP contribution in [0.3, 0.4) is 0 Å². The van der Waals surface area contributed by atoms with Crippen LogP contribution in [0.1, 0.15) is 15.9 Å². The van der Waals surface area contributed by atoms with Gasteiger partial charge >= 0.3 is 5.97 Å². The molecule has 29 heavy (non-hydrogen) atoms. The van der Waals surface area contributed by atoms with E-state index >= 15 is 0 Å². The molecule has 11 nitrogen and oxygen atoms in total. The molecule has 0 fully saturated rings. The monoisotopic (exact) mass is 423 g/mol. The van der Waals surface area contributed by atoms with Gasteiger partial charge in [-0.2, -0.15) is 5.10 Å². The summed E-state index contributed by atoms with van der Waals surface area (Å²) in [5, 5.41) is 16.9. The van der Waals surface area contributed by atoms with Crippen LogP contribution in [0, 0.1) is 6.92 Å². The average Bonchev–Trinajstić information content (AvgIpc) is 3.05. The van der Waals surface area contributed by atoms with Crippen molar-refractivity contribution in [3.05, 3.63) is 41.6 Å². The molecular weight excluding hydrogens is 402 g/mol. The van der Waals surface area contributed by atoms with Crippen molar-refractivity contribution < 1.29 is 27.9 Å². The molecule has 2 rings (SSSR count). The van der Waals surface area contributed by atoms with Crippen molar-refractivity contribution in [1.29, 1.82) is 0 Å². The van der Waals surface area contributed by atoms with Gasteiger partial charge in [0.25, 0.3) is 15.9 Å². The third kappa shape index (κ3) is 5.10. The highest BCUT2D eigenvalue weighted by Crippen LogP contribution is 2.25. The third-order valence-corrected chi connectivity index (χ3v) is 5.74. The number of aromatic nitrogens is 2. The number of nitrogens with zero attached hydrogens (tertiary/aromatic N) is 3. The Morgan fingerprint density at radius 1 is 1.14 bits per heavy atom. The summed E-state index contributed by atoms with van der Waals surface area (Å²) in [5.74, 6) is -2.65. The Balaban J connectivity index is 2.21. The largest absolute Gasteiger partial charge is 0.480 e. The first kappa shape index (κ1) is 21.9. The fourth-order valence-electron chi connectivity index (χ4n) is 2.44. The standard InChI is InChI=1S/C17H21N5O6S/c1-11-4-6-12(7-5-11)29(27,28)22(3)17-13(8-20-21(17)2)16(26)19-9-14(23)18-10-15(24)25/h4-8H,9-10H2,1-3H3,(H,18,23)(H,19,26)(H,24,25). The van der Waals surface area contributed by atoms with E-state index in [0.29, 0.717) is 0 Å². The molecule has 0 spiro atoms. The molecule has 0 atom stereocenters. The topological polar surface area (TPSA) is 151 Å². The van der Waals surface area contributed by atoms with Crippen molar-refractivity contribution in [2.45, 2.75) is 11.8 Å². The molecule has 0 unspecified atom stereocenters. The molecule has 3 N–H and O–H groups in total. The van der Waals surface area contributed by atoms with E-state index in [1.54, 1.807) is 12.1 Å². The molecule has 12 heteroatoms. The molecule has 0 saturated heterocycles. The van der Waals surface area contributed by atoms with Crippen LogP contribution in [0.5, 0.6) is 0 Å². The number of carboxylic acids is 1. The number of aryl methyl sites for hydroxylation is 2. The van der Waals surface area contributed by atoms with Gasteiger partial charge in [-0.25, -0.2) is 8.42 Å². The average molecular weight is 423 g/mol. The first-order chi connectivity index (χ1) is 13.5.